The van der Waals surface area contributed by atoms with E-state index in [-0.39, 0.29) is 0 Å². The summed E-state index contributed by atoms with van der Waals surface area (Å²) in [6.07, 6.45) is 5.13. The lowest BCUT2D eigenvalue weighted by Gasteiger charge is -2.22. The van der Waals surface area contributed by atoms with E-state index in [1.54, 1.807) is 11.3 Å². The van der Waals surface area contributed by atoms with Crippen LogP contribution in [0.1, 0.15) is 47.8 Å². The van der Waals surface area contributed by atoms with Gasteiger partial charge in [0.25, 0.3) is 0 Å². The van der Waals surface area contributed by atoms with E-state index in [1.165, 1.54) is 23.4 Å². The Morgan fingerprint density at radius 1 is 1.62 bits per heavy atom. The fourth-order valence-electron chi connectivity index (χ4n) is 2.13. The van der Waals surface area contributed by atoms with Crippen LogP contribution < -0.4 is 5.32 Å². The second-order valence-electron chi connectivity index (χ2n) is 4.15. The molecule has 0 saturated heterocycles. The SMILES string of the molecule is CCCNC1CCCc2nc(CC#N)sc21. The van der Waals surface area contributed by atoms with Crippen molar-refractivity contribution < 1.29 is 0 Å². The van der Waals surface area contributed by atoms with E-state index in [9.17, 15) is 0 Å². The molecule has 1 aliphatic carbocycles. The highest BCUT2D eigenvalue weighted by Gasteiger charge is 2.23. The van der Waals surface area contributed by atoms with Gasteiger partial charge in [0, 0.05) is 10.9 Å². The molecule has 4 heteroatoms. The van der Waals surface area contributed by atoms with Crippen LogP contribution in [-0.4, -0.2) is 11.5 Å². The molecule has 1 N–H and O–H groups in total. The van der Waals surface area contributed by atoms with Gasteiger partial charge in [-0.2, -0.15) is 5.26 Å². The number of nitrogens with one attached hydrogen (secondary N) is 1. The summed E-state index contributed by atoms with van der Waals surface area (Å²) in [5.41, 5.74) is 1.23. The molecule has 1 unspecified atom stereocenters. The van der Waals surface area contributed by atoms with Crippen molar-refractivity contribution in [3.8, 4) is 6.07 Å². The van der Waals surface area contributed by atoms with Crippen LogP contribution in [0, 0.1) is 11.3 Å². The molecule has 1 atom stereocenters. The molecule has 1 aliphatic rings. The van der Waals surface area contributed by atoms with Crippen molar-refractivity contribution in [1.29, 1.82) is 5.26 Å². The van der Waals surface area contributed by atoms with E-state index in [0.717, 1.165) is 24.4 Å². The largest absolute Gasteiger partial charge is 0.309 e. The molecule has 2 rings (SSSR count). The van der Waals surface area contributed by atoms with Crippen molar-refractivity contribution >= 4 is 11.3 Å². The second kappa shape index (κ2) is 5.42. The zero-order chi connectivity index (χ0) is 11.4. The molecule has 0 saturated carbocycles. The molecule has 0 radical (unpaired) electrons. The third-order valence-corrected chi connectivity index (χ3v) is 4.08. The lowest BCUT2D eigenvalue weighted by molar-refractivity contribution is 0.464. The van der Waals surface area contributed by atoms with Crippen molar-refractivity contribution in [1.82, 2.24) is 10.3 Å². The van der Waals surface area contributed by atoms with Gasteiger partial charge in [-0.05, 0) is 32.2 Å². The summed E-state index contributed by atoms with van der Waals surface area (Å²) in [6.45, 7) is 3.25. The van der Waals surface area contributed by atoms with Gasteiger partial charge in [-0.3, -0.25) is 0 Å². The molecule has 1 heterocycles. The molecule has 86 valence electrons. The summed E-state index contributed by atoms with van der Waals surface area (Å²) < 4.78 is 0. The number of hydrogen-bond acceptors (Lipinski definition) is 4. The van der Waals surface area contributed by atoms with Gasteiger partial charge in [-0.1, -0.05) is 6.92 Å². The Kier molecular flexibility index (Phi) is 3.92. The van der Waals surface area contributed by atoms with E-state index < -0.39 is 0 Å². The molecule has 3 nitrogen and oxygen atoms in total. The number of nitrogens with zero attached hydrogens (tertiary/aromatic N) is 2. The molecule has 1 aromatic rings. The molecule has 0 aliphatic heterocycles. The van der Waals surface area contributed by atoms with E-state index >= 15 is 0 Å². The summed E-state index contributed by atoms with van der Waals surface area (Å²) in [5, 5.41) is 13.2. The first kappa shape index (κ1) is 11.6. The minimum Gasteiger partial charge on any atom is -0.309 e. The number of aryl methyl sites for hydroxylation is 1. The van der Waals surface area contributed by atoms with E-state index in [4.69, 9.17) is 5.26 Å². The highest BCUT2D eigenvalue weighted by molar-refractivity contribution is 7.11. The van der Waals surface area contributed by atoms with Crippen molar-refractivity contribution in [2.24, 2.45) is 0 Å². The molecule has 0 spiro atoms. The van der Waals surface area contributed by atoms with Gasteiger partial charge in [-0.15, -0.1) is 11.3 Å². The third kappa shape index (κ3) is 2.42. The van der Waals surface area contributed by atoms with Crippen LogP contribution in [0.5, 0.6) is 0 Å². The summed E-state index contributed by atoms with van der Waals surface area (Å²) in [5.74, 6) is 0. The minimum atomic E-state index is 0.457. The van der Waals surface area contributed by atoms with Gasteiger partial charge in [0.2, 0.25) is 0 Å². The van der Waals surface area contributed by atoms with E-state index in [0.29, 0.717) is 12.5 Å². The first-order chi connectivity index (χ1) is 7.85. The standard InChI is InChI=1S/C12H17N3S/c1-2-8-14-9-4-3-5-10-12(9)16-11(15-10)6-7-13/h9,14H,2-6,8H2,1H3. The zero-order valence-corrected chi connectivity index (χ0v) is 10.4. The van der Waals surface area contributed by atoms with Crippen molar-refractivity contribution in [3.63, 3.8) is 0 Å². The molecule has 0 amide bonds. The normalized spacial score (nSPS) is 19.1. The highest BCUT2D eigenvalue weighted by atomic mass is 32.1. The number of aromatic nitrogens is 1. The molecule has 16 heavy (non-hydrogen) atoms. The number of hydrogen-bond donors (Lipinski definition) is 1. The summed E-state index contributed by atoms with van der Waals surface area (Å²) in [6, 6.07) is 2.66. The van der Waals surface area contributed by atoms with E-state index in [2.05, 4.69) is 23.3 Å². The lowest BCUT2D eigenvalue weighted by atomic mass is 9.98. The number of thiazole rings is 1. The Balaban J connectivity index is 2.14. The van der Waals surface area contributed by atoms with Crippen LogP contribution in [0.15, 0.2) is 0 Å². The first-order valence-corrected chi connectivity index (χ1v) is 6.75. The van der Waals surface area contributed by atoms with Crippen LogP contribution in [-0.2, 0) is 12.8 Å². The average molecular weight is 235 g/mol. The molecule has 0 bridgehead atoms. The van der Waals surface area contributed by atoms with Crippen molar-refractivity contribution in [2.45, 2.75) is 45.1 Å². The molecule has 0 fully saturated rings. The summed E-state index contributed by atoms with van der Waals surface area (Å²) >= 11 is 1.72. The maximum Gasteiger partial charge on any atom is 0.107 e. The predicted molar refractivity (Wildman–Crippen MR) is 65.4 cm³/mol. The minimum absolute atomic E-state index is 0.457. The fraction of sp³-hybridized carbons (Fsp3) is 0.667. The first-order valence-electron chi connectivity index (χ1n) is 5.94. The van der Waals surface area contributed by atoms with Gasteiger partial charge in [0.05, 0.1) is 18.2 Å². The van der Waals surface area contributed by atoms with Gasteiger partial charge in [0.15, 0.2) is 0 Å². The van der Waals surface area contributed by atoms with Gasteiger partial charge in [0.1, 0.15) is 5.01 Å². The van der Waals surface area contributed by atoms with E-state index in [1.807, 2.05) is 0 Å². The van der Waals surface area contributed by atoms with Crippen LogP contribution in [0.3, 0.4) is 0 Å². The Hall–Kier alpha value is -0.920. The monoisotopic (exact) mass is 235 g/mol. The molecule has 1 aromatic heterocycles. The zero-order valence-electron chi connectivity index (χ0n) is 9.62. The summed E-state index contributed by atoms with van der Waals surface area (Å²) in [4.78, 5) is 5.93. The number of fused-ring (bicyclic) bond motifs is 1. The molecular weight excluding hydrogens is 218 g/mol. The Morgan fingerprint density at radius 3 is 3.25 bits per heavy atom. The lowest BCUT2D eigenvalue weighted by Crippen LogP contribution is -2.24. The van der Waals surface area contributed by atoms with Crippen molar-refractivity contribution in [2.75, 3.05) is 6.54 Å². The van der Waals surface area contributed by atoms with Crippen LogP contribution in [0.25, 0.3) is 0 Å². The maximum atomic E-state index is 8.69. The Morgan fingerprint density at radius 2 is 2.50 bits per heavy atom. The Bertz CT molecular complexity index is 391. The Labute approximate surface area is 101 Å². The highest BCUT2D eigenvalue weighted by Crippen LogP contribution is 2.34. The van der Waals surface area contributed by atoms with Crippen LogP contribution in [0.2, 0.25) is 0 Å². The quantitative estimate of drug-likeness (QED) is 0.872. The second-order valence-corrected chi connectivity index (χ2v) is 5.27. The molecule has 0 aromatic carbocycles. The number of rotatable bonds is 4. The van der Waals surface area contributed by atoms with Crippen LogP contribution >= 0.6 is 11.3 Å². The van der Waals surface area contributed by atoms with Gasteiger partial charge in [-0.25, -0.2) is 4.98 Å². The predicted octanol–water partition coefficient (Wildman–Crippen LogP) is 2.59. The topological polar surface area (TPSA) is 48.7 Å². The molecular formula is C12H17N3S. The summed E-state index contributed by atoms with van der Waals surface area (Å²) in [7, 11) is 0. The van der Waals surface area contributed by atoms with Crippen molar-refractivity contribution in [3.05, 3.63) is 15.6 Å². The fourth-order valence-corrected chi connectivity index (χ4v) is 3.28. The van der Waals surface area contributed by atoms with Gasteiger partial charge < -0.3 is 5.32 Å². The average Bonchev–Trinajstić information content (AvgIpc) is 2.69. The van der Waals surface area contributed by atoms with Crippen LogP contribution in [0.4, 0.5) is 0 Å². The smallest absolute Gasteiger partial charge is 0.107 e. The maximum absolute atomic E-state index is 8.69. The number of nitriles is 1. The van der Waals surface area contributed by atoms with Gasteiger partial charge >= 0.3 is 0 Å². The third-order valence-electron chi connectivity index (χ3n) is 2.87.